The maximum Gasteiger partial charge on any atom is 0.0636 e. The molecule has 0 amide bonds. The molecule has 80 valence electrons. The lowest BCUT2D eigenvalue weighted by Crippen LogP contribution is -2.46. The number of aryl methyl sites for hydroxylation is 1. The molecule has 15 heavy (non-hydrogen) atoms. The third kappa shape index (κ3) is 1.17. The van der Waals surface area contributed by atoms with Gasteiger partial charge in [-0.15, -0.1) is 0 Å². The second-order valence-corrected chi connectivity index (χ2v) is 4.79. The normalized spacial score (nSPS) is 21.1. The number of benzene rings is 1. The van der Waals surface area contributed by atoms with Crippen LogP contribution in [-0.4, -0.2) is 18.6 Å². The number of anilines is 2. The Kier molecular flexibility index (Phi) is 1.76. The molecule has 1 aromatic carbocycles. The van der Waals surface area contributed by atoms with Crippen LogP contribution in [0.3, 0.4) is 0 Å². The highest BCUT2D eigenvalue weighted by Crippen LogP contribution is 2.49. The Bertz CT molecular complexity index is 394. The van der Waals surface area contributed by atoms with E-state index in [-0.39, 0.29) is 0 Å². The fourth-order valence-electron chi connectivity index (χ4n) is 2.84. The first-order chi connectivity index (χ1) is 7.27. The van der Waals surface area contributed by atoms with Gasteiger partial charge in [0.05, 0.1) is 16.9 Å². The molecule has 1 fully saturated rings. The van der Waals surface area contributed by atoms with E-state index in [1.807, 2.05) is 0 Å². The lowest BCUT2D eigenvalue weighted by molar-refractivity contribution is 0.604. The first-order valence-corrected chi connectivity index (χ1v) is 5.88. The molecular formula is C13H18N2. The van der Waals surface area contributed by atoms with E-state index < -0.39 is 0 Å². The Balaban J connectivity index is 2.12. The van der Waals surface area contributed by atoms with Gasteiger partial charge in [-0.25, -0.2) is 0 Å². The Hall–Kier alpha value is -1.18. The van der Waals surface area contributed by atoms with Crippen molar-refractivity contribution in [2.45, 2.75) is 32.2 Å². The molecule has 1 aliphatic heterocycles. The fraction of sp³-hybridized carbons (Fsp3) is 0.538. The summed E-state index contributed by atoms with van der Waals surface area (Å²) in [5.41, 5.74) is 4.60. The van der Waals surface area contributed by atoms with Crippen LogP contribution < -0.4 is 10.2 Å². The van der Waals surface area contributed by atoms with Crippen LogP contribution >= 0.6 is 0 Å². The van der Waals surface area contributed by atoms with E-state index in [0.29, 0.717) is 5.54 Å². The summed E-state index contributed by atoms with van der Waals surface area (Å²) in [4.78, 5) is 2.61. The lowest BCUT2D eigenvalue weighted by atomic mass is 10.0. The van der Waals surface area contributed by atoms with E-state index in [1.165, 1.54) is 29.8 Å². The van der Waals surface area contributed by atoms with Crippen molar-refractivity contribution in [3.05, 3.63) is 23.8 Å². The van der Waals surface area contributed by atoms with Crippen LogP contribution in [-0.2, 0) is 0 Å². The van der Waals surface area contributed by atoms with Gasteiger partial charge in [-0.05, 0) is 38.3 Å². The summed E-state index contributed by atoms with van der Waals surface area (Å²) in [5, 5.41) is 3.58. The molecule has 2 nitrogen and oxygen atoms in total. The number of hydrogen-bond acceptors (Lipinski definition) is 2. The van der Waals surface area contributed by atoms with E-state index in [4.69, 9.17) is 0 Å². The zero-order valence-corrected chi connectivity index (χ0v) is 9.51. The summed E-state index contributed by atoms with van der Waals surface area (Å²) < 4.78 is 0. The van der Waals surface area contributed by atoms with Gasteiger partial charge in [-0.3, -0.25) is 0 Å². The van der Waals surface area contributed by atoms with E-state index in [9.17, 15) is 0 Å². The Morgan fingerprint density at radius 3 is 2.87 bits per heavy atom. The Morgan fingerprint density at radius 2 is 2.20 bits per heavy atom. The number of para-hydroxylation sites is 1. The van der Waals surface area contributed by atoms with Gasteiger partial charge in [-0.2, -0.15) is 0 Å². The Morgan fingerprint density at radius 1 is 1.40 bits per heavy atom. The van der Waals surface area contributed by atoms with Crippen LogP contribution in [0.5, 0.6) is 0 Å². The van der Waals surface area contributed by atoms with Crippen molar-refractivity contribution in [2.75, 3.05) is 23.3 Å². The zero-order chi connectivity index (χ0) is 10.5. The summed E-state index contributed by atoms with van der Waals surface area (Å²) in [6, 6.07) is 6.55. The first-order valence-electron chi connectivity index (χ1n) is 5.88. The van der Waals surface area contributed by atoms with Gasteiger partial charge in [0.1, 0.15) is 0 Å². The molecule has 0 saturated heterocycles. The van der Waals surface area contributed by atoms with Crippen LogP contribution in [0.25, 0.3) is 0 Å². The maximum absolute atomic E-state index is 3.58. The second kappa shape index (κ2) is 2.91. The summed E-state index contributed by atoms with van der Waals surface area (Å²) in [6.45, 7) is 6.73. The van der Waals surface area contributed by atoms with Gasteiger partial charge in [0.15, 0.2) is 0 Å². The third-order valence-electron chi connectivity index (χ3n) is 3.83. The maximum atomic E-state index is 3.58. The molecule has 1 spiro atoms. The predicted molar refractivity (Wildman–Crippen MR) is 64.7 cm³/mol. The van der Waals surface area contributed by atoms with Crippen molar-refractivity contribution < 1.29 is 0 Å². The summed E-state index contributed by atoms with van der Waals surface area (Å²) in [6.07, 6.45) is 2.70. The third-order valence-corrected chi connectivity index (χ3v) is 3.83. The molecule has 0 bridgehead atoms. The molecule has 2 heteroatoms. The number of rotatable bonds is 1. The van der Waals surface area contributed by atoms with Gasteiger partial charge in [0.25, 0.3) is 0 Å². The zero-order valence-electron chi connectivity index (χ0n) is 9.51. The predicted octanol–water partition coefficient (Wildman–Crippen LogP) is 2.78. The minimum atomic E-state index is 0.452. The van der Waals surface area contributed by atoms with Crippen LogP contribution in [0.15, 0.2) is 18.2 Å². The van der Waals surface area contributed by atoms with Crippen molar-refractivity contribution >= 4 is 11.4 Å². The molecule has 0 aromatic heterocycles. The minimum absolute atomic E-state index is 0.452. The van der Waals surface area contributed by atoms with Gasteiger partial charge in [0.2, 0.25) is 0 Å². The number of hydrogen-bond donors (Lipinski definition) is 1. The highest BCUT2D eigenvalue weighted by Gasteiger charge is 2.50. The quantitative estimate of drug-likeness (QED) is 0.753. The monoisotopic (exact) mass is 202 g/mol. The Labute approximate surface area is 91.3 Å². The average molecular weight is 202 g/mol. The topological polar surface area (TPSA) is 15.3 Å². The van der Waals surface area contributed by atoms with E-state index >= 15 is 0 Å². The molecule has 1 aliphatic carbocycles. The van der Waals surface area contributed by atoms with Gasteiger partial charge in [-0.1, -0.05) is 12.1 Å². The summed E-state index contributed by atoms with van der Waals surface area (Å²) in [7, 11) is 0. The van der Waals surface area contributed by atoms with Gasteiger partial charge < -0.3 is 10.2 Å². The molecule has 0 unspecified atom stereocenters. The fourth-order valence-corrected chi connectivity index (χ4v) is 2.84. The smallest absolute Gasteiger partial charge is 0.0636 e. The van der Waals surface area contributed by atoms with Crippen molar-refractivity contribution in [1.82, 2.24) is 0 Å². The van der Waals surface area contributed by atoms with Crippen LogP contribution in [0.4, 0.5) is 11.4 Å². The number of fused-ring (bicyclic) bond motifs is 1. The molecule has 2 aliphatic rings. The molecule has 1 heterocycles. The van der Waals surface area contributed by atoms with Crippen molar-refractivity contribution in [2.24, 2.45) is 0 Å². The van der Waals surface area contributed by atoms with Gasteiger partial charge in [0, 0.05) is 13.1 Å². The molecular weight excluding hydrogens is 184 g/mol. The number of nitrogens with zero attached hydrogens (tertiary/aromatic N) is 1. The largest absolute Gasteiger partial charge is 0.381 e. The van der Waals surface area contributed by atoms with E-state index in [0.717, 1.165) is 13.1 Å². The van der Waals surface area contributed by atoms with E-state index in [2.05, 4.69) is 42.3 Å². The second-order valence-electron chi connectivity index (χ2n) is 4.79. The number of nitrogens with one attached hydrogen (secondary N) is 1. The van der Waals surface area contributed by atoms with Crippen molar-refractivity contribution in [3.8, 4) is 0 Å². The van der Waals surface area contributed by atoms with E-state index in [1.54, 1.807) is 0 Å². The molecule has 3 rings (SSSR count). The molecule has 1 saturated carbocycles. The summed E-state index contributed by atoms with van der Waals surface area (Å²) >= 11 is 0. The molecule has 1 aromatic rings. The first kappa shape index (κ1) is 9.08. The average Bonchev–Trinajstić information content (AvgIpc) is 3.00. The van der Waals surface area contributed by atoms with Crippen LogP contribution in [0, 0.1) is 6.92 Å². The molecule has 1 N–H and O–H groups in total. The van der Waals surface area contributed by atoms with Crippen molar-refractivity contribution in [1.29, 1.82) is 0 Å². The summed E-state index contributed by atoms with van der Waals surface area (Å²) in [5.74, 6) is 0. The lowest BCUT2D eigenvalue weighted by Gasteiger charge is -2.40. The van der Waals surface area contributed by atoms with Crippen molar-refractivity contribution in [3.63, 3.8) is 0 Å². The van der Waals surface area contributed by atoms with Crippen LogP contribution in [0.2, 0.25) is 0 Å². The highest BCUT2D eigenvalue weighted by molar-refractivity contribution is 5.77. The SMILES string of the molecule is CCN1c2c(C)cccc2NCC12CC2. The number of likely N-dealkylation sites (N-methyl/N-ethyl adjacent to an activating group) is 1. The van der Waals surface area contributed by atoms with Crippen LogP contribution in [0.1, 0.15) is 25.3 Å². The standard InChI is InChI=1S/C13H18N2/c1-3-15-12-10(2)5-4-6-11(12)14-9-13(15)7-8-13/h4-6,14H,3,7-9H2,1-2H3. The highest BCUT2D eigenvalue weighted by atomic mass is 15.3. The molecule has 0 atom stereocenters. The van der Waals surface area contributed by atoms with Gasteiger partial charge >= 0.3 is 0 Å². The minimum Gasteiger partial charge on any atom is -0.381 e. The molecule has 0 radical (unpaired) electrons.